The normalized spacial score (nSPS) is 10.5. The van der Waals surface area contributed by atoms with Gasteiger partial charge in [0.1, 0.15) is 0 Å². The minimum absolute atomic E-state index is 0.00389. The predicted molar refractivity (Wildman–Crippen MR) is 114 cm³/mol. The molecule has 0 unspecified atom stereocenters. The van der Waals surface area contributed by atoms with Crippen LogP contribution in [0, 0.1) is 6.92 Å². The molecule has 0 fully saturated rings. The van der Waals surface area contributed by atoms with Crippen LogP contribution in [0.25, 0.3) is 11.3 Å². The fourth-order valence-electron chi connectivity index (χ4n) is 2.85. The minimum Gasteiger partial charge on any atom is -0.356 e. The Kier molecular flexibility index (Phi) is 6.55. The minimum atomic E-state index is -0.145. The SMILES string of the molecule is CC(=O)NCCCc1ccc(-c2csc(NC(=O)c3ccccc3C)n2)cc1. The van der Waals surface area contributed by atoms with Gasteiger partial charge in [0.25, 0.3) is 5.91 Å². The second kappa shape index (κ2) is 9.28. The molecule has 0 aliphatic rings. The molecule has 1 heterocycles. The van der Waals surface area contributed by atoms with Gasteiger partial charge in [-0.25, -0.2) is 4.98 Å². The first kappa shape index (κ1) is 19.8. The Morgan fingerprint density at radius 1 is 1.07 bits per heavy atom. The number of benzene rings is 2. The van der Waals surface area contributed by atoms with Crippen LogP contribution in [0.15, 0.2) is 53.9 Å². The van der Waals surface area contributed by atoms with Crippen LogP contribution in [0.3, 0.4) is 0 Å². The summed E-state index contributed by atoms with van der Waals surface area (Å²) < 4.78 is 0. The predicted octanol–water partition coefficient (Wildman–Crippen LogP) is 4.44. The number of nitrogens with one attached hydrogen (secondary N) is 2. The zero-order valence-corrected chi connectivity index (χ0v) is 16.8. The molecule has 5 nitrogen and oxygen atoms in total. The fourth-order valence-corrected chi connectivity index (χ4v) is 3.57. The number of aromatic nitrogens is 1. The molecule has 1 aromatic heterocycles. The zero-order valence-electron chi connectivity index (χ0n) is 16.0. The van der Waals surface area contributed by atoms with Crippen molar-refractivity contribution in [2.24, 2.45) is 0 Å². The van der Waals surface area contributed by atoms with Gasteiger partial charge in [-0.2, -0.15) is 0 Å². The van der Waals surface area contributed by atoms with E-state index in [0.29, 0.717) is 17.2 Å². The Hall–Kier alpha value is -2.99. The number of carbonyl (C=O) groups excluding carboxylic acids is 2. The molecule has 0 aliphatic heterocycles. The van der Waals surface area contributed by atoms with Gasteiger partial charge < -0.3 is 5.32 Å². The molecular weight excluding hydrogens is 370 g/mol. The lowest BCUT2D eigenvalue weighted by Gasteiger charge is -2.05. The van der Waals surface area contributed by atoms with E-state index in [1.165, 1.54) is 23.8 Å². The van der Waals surface area contributed by atoms with Crippen LogP contribution in [0.5, 0.6) is 0 Å². The van der Waals surface area contributed by atoms with Gasteiger partial charge in [-0.15, -0.1) is 11.3 Å². The molecule has 0 aliphatic carbocycles. The fraction of sp³-hybridized carbons (Fsp3) is 0.227. The second-order valence-electron chi connectivity index (χ2n) is 6.59. The molecule has 0 atom stereocenters. The molecule has 0 spiro atoms. The number of amides is 2. The highest BCUT2D eigenvalue weighted by Gasteiger charge is 2.11. The molecule has 0 saturated heterocycles. The van der Waals surface area contributed by atoms with E-state index in [1.807, 2.05) is 48.7 Å². The summed E-state index contributed by atoms with van der Waals surface area (Å²) in [5, 5.41) is 8.21. The van der Waals surface area contributed by atoms with E-state index in [9.17, 15) is 9.59 Å². The Balaban J connectivity index is 1.60. The van der Waals surface area contributed by atoms with E-state index >= 15 is 0 Å². The first-order valence-corrected chi connectivity index (χ1v) is 10.1. The molecule has 28 heavy (non-hydrogen) atoms. The molecule has 2 N–H and O–H groups in total. The molecule has 3 aromatic rings. The van der Waals surface area contributed by atoms with Crippen LogP contribution < -0.4 is 10.6 Å². The van der Waals surface area contributed by atoms with Crippen molar-refractivity contribution in [1.29, 1.82) is 0 Å². The van der Waals surface area contributed by atoms with Gasteiger partial charge in [0.05, 0.1) is 5.69 Å². The molecule has 3 rings (SSSR count). The van der Waals surface area contributed by atoms with Crippen molar-refractivity contribution < 1.29 is 9.59 Å². The summed E-state index contributed by atoms with van der Waals surface area (Å²) in [6.07, 6.45) is 1.82. The summed E-state index contributed by atoms with van der Waals surface area (Å²) in [6, 6.07) is 15.7. The van der Waals surface area contributed by atoms with E-state index in [-0.39, 0.29) is 11.8 Å². The van der Waals surface area contributed by atoms with Crippen molar-refractivity contribution in [2.45, 2.75) is 26.7 Å². The van der Waals surface area contributed by atoms with E-state index in [1.54, 1.807) is 0 Å². The lowest BCUT2D eigenvalue weighted by atomic mass is 10.1. The van der Waals surface area contributed by atoms with E-state index in [2.05, 4.69) is 27.8 Å². The van der Waals surface area contributed by atoms with E-state index in [4.69, 9.17) is 0 Å². The number of carbonyl (C=O) groups is 2. The maximum Gasteiger partial charge on any atom is 0.257 e. The molecule has 6 heteroatoms. The Morgan fingerprint density at radius 3 is 2.54 bits per heavy atom. The largest absolute Gasteiger partial charge is 0.356 e. The quantitative estimate of drug-likeness (QED) is 0.583. The zero-order chi connectivity index (χ0) is 19.9. The van der Waals surface area contributed by atoms with Crippen LogP contribution in [0.2, 0.25) is 0 Å². The number of aryl methyl sites for hydroxylation is 2. The molecule has 0 bridgehead atoms. The average Bonchev–Trinajstić information content (AvgIpc) is 3.14. The molecular formula is C22H23N3O2S. The number of rotatable bonds is 7. The Bertz CT molecular complexity index is 964. The smallest absolute Gasteiger partial charge is 0.257 e. The first-order valence-electron chi connectivity index (χ1n) is 9.19. The van der Waals surface area contributed by atoms with Gasteiger partial charge in [-0.05, 0) is 37.0 Å². The lowest BCUT2D eigenvalue weighted by Crippen LogP contribution is -2.21. The van der Waals surface area contributed by atoms with E-state index < -0.39 is 0 Å². The van der Waals surface area contributed by atoms with E-state index in [0.717, 1.165) is 29.7 Å². The molecule has 2 amide bonds. The topological polar surface area (TPSA) is 71.1 Å². The van der Waals surface area contributed by atoms with Crippen LogP contribution in [-0.2, 0) is 11.2 Å². The van der Waals surface area contributed by atoms with Crippen LogP contribution >= 0.6 is 11.3 Å². The van der Waals surface area contributed by atoms with Crippen molar-refractivity contribution >= 4 is 28.3 Å². The monoisotopic (exact) mass is 393 g/mol. The molecule has 0 saturated carbocycles. The van der Waals surface area contributed by atoms with Crippen LogP contribution in [-0.4, -0.2) is 23.3 Å². The van der Waals surface area contributed by atoms with Gasteiger partial charge in [0.2, 0.25) is 5.91 Å². The summed E-state index contributed by atoms with van der Waals surface area (Å²) >= 11 is 1.41. The van der Waals surface area contributed by atoms with Crippen LogP contribution in [0.1, 0.15) is 34.8 Å². The third kappa shape index (κ3) is 5.27. The standard InChI is InChI=1S/C22H23N3O2S/c1-15-6-3-4-8-19(15)21(27)25-22-24-20(14-28-22)18-11-9-17(10-12-18)7-5-13-23-16(2)26/h3-4,6,8-12,14H,5,7,13H2,1-2H3,(H,23,26)(H,24,25,27). The highest BCUT2D eigenvalue weighted by molar-refractivity contribution is 7.14. The van der Waals surface area contributed by atoms with Crippen molar-refractivity contribution in [2.75, 3.05) is 11.9 Å². The maximum absolute atomic E-state index is 12.4. The average molecular weight is 394 g/mol. The van der Waals surface area contributed by atoms with Gasteiger partial charge in [-0.1, -0.05) is 42.5 Å². The van der Waals surface area contributed by atoms with Gasteiger partial charge in [0.15, 0.2) is 5.13 Å². The third-order valence-electron chi connectivity index (χ3n) is 4.38. The van der Waals surface area contributed by atoms with Crippen LogP contribution in [0.4, 0.5) is 5.13 Å². The van der Waals surface area contributed by atoms with Crippen molar-refractivity contribution in [1.82, 2.24) is 10.3 Å². The van der Waals surface area contributed by atoms with Gasteiger partial charge >= 0.3 is 0 Å². The van der Waals surface area contributed by atoms with Gasteiger partial charge in [0, 0.05) is 30.0 Å². The van der Waals surface area contributed by atoms with Crippen molar-refractivity contribution in [3.8, 4) is 11.3 Å². The maximum atomic E-state index is 12.4. The molecule has 2 aromatic carbocycles. The summed E-state index contributed by atoms with van der Waals surface area (Å²) in [5.74, 6) is -0.141. The number of hydrogen-bond donors (Lipinski definition) is 2. The van der Waals surface area contributed by atoms with Crippen molar-refractivity contribution in [3.63, 3.8) is 0 Å². The Morgan fingerprint density at radius 2 is 1.82 bits per heavy atom. The third-order valence-corrected chi connectivity index (χ3v) is 5.14. The highest BCUT2D eigenvalue weighted by Crippen LogP contribution is 2.26. The number of nitrogens with zero attached hydrogens (tertiary/aromatic N) is 1. The summed E-state index contributed by atoms with van der Waals surface area (Å²) in [6.45, 7) is 4.13. The lowest BCUT2D eigenvalue weighted by molar-refractivity contribution is -0.118. The molecule has 144 valence electrons. The summed E-state index contributed by atoms with van der Waals surface area (Å²) in [5.41, 5.74) is 4.67. The number of thiazole rings is 1. The van der Waals surface area contributed by atoms with Crippen molar-refractivity contribution in [3.05, 3.63) is 70.6 Å². The highest BCUT2D eigenvalue weighted by atomic mass is 32.1. The molecule has 0 radical (unpaired) electrons. The Labute approximate surface area is 168 Å². The first-order chi connectivity index (χ1) is 13.5. The number of anilines is 1. The van der Waals surface area contributed by atoms with Gasteiger partial charge in [-0.3, -0.25) is 14.9 Å². The summed E-state index contributed by atoms with van der Waals surface area (Å²) in [7, 11) is 0. The second-order valence-corrected chi connectivity index (χ2v) is 7.45. The summed E-state index contributed by atoms with van der Waals surface area (Å²) in [4.78, 5) is 27.8. The number of hydrogen-bond acceptors (Lipinski definition) is 4.